The molecular formula is C23H24F2N6O5S2. The summed E-state index contributed by atoms with van der Waals surface area (Å²) in [6.45, 7) is 0.197. The van der Waals surface area contributed by atoms with Crippen LogP contribution in [0.2, 0.25) is 0 Å². The van der Waals surface area contributed by atoms with Gasteiger partial charge in [0.25, 0.3) is 5.89 Å². The van der Waals surface area contributed by atoms with Crippen molar-refractivity contribution < 1.29 is 30.0 Å². The first-order valence-electron chi connectivity index (χ1n) is 11.6. The Kier molecular flexibility index (Phi) is 6.92. The Bertz CT molecular complexity index is 1650. The number of hydrogen-bond donors (Lipinski definition) is 0. The average Bonchev–Trinajstić information content (AvgIpc) is 3.54. The number of anilines is 1. The van der Waals surface area contributed by atoms with Crippen LogP contribution in [0, 0.1) is 0 Å². The van der Waals surface area contributed by atoms with Crippen molar-refractivity contribution in [3.8, 4) is 11.5 Å². The molecule has 0 N–H and O–H groups in total. The minimum Gasteiger partial charge on any atom is -0.415 e. The lowest BCUT2D eigenvalue weighted by atomic mass is 10.2. The molecule has 1 fully saturated rings. The Labute approximate surface area is 217 Å². The number of nitrogens with zero attached hydrogens (tertiary/aromatic N) is 6. The average molecular weight is 567 g/mol. The van der Waals surface area contributed by atoms with E-state index >= 15 is 0 Å². The Morgan fingerprint density at radius 2 is 1.79 bits per heavy atom. The molecule has 4 heterocycles. The third kappa shape index (κ3) is 5.26. The van der Waals surface area contributed by atoms with Gasteiger partial charge in [0.1, 0.15) is 5.65 Å². The fraction of sp³-hybridized carbons (Fsp3) is 0.348. The molecule has 0 amide bonds. The molecule has 0 bridgehead atoms. The fourth-order valence-electron chi connectivity index (χ4n) is 4.39. The number of benzene rings is 1. The van der Waals surface area contributed by atoms with Crippen LogP contribution in [-0.4, -0.2) is 65.3 Å². The van der Waals surface area contributed by atoms with Crippen LogP contribution in [0.15, 0.2) is 59.3 Å². The smallest absolute Gasteiger partial charge is 0.314 e. The van der Waals surface area contributed by atoms with E-state index in [9.17, 15) is 25.6 Å². The maximum absolute atomic E-state index is 13.8. The van der Waals surface area contributed by atoms with Crippen molar-refractivity contribution in [2.24, 2.45) is 0 Å². The van der Waals surface area contributed by atoms with Gasteiger partial charge in [-0.15, -0.1) is 10.2 Å². The topological polar surface area (TPSA) is 131 Å². The van der Waals surface area contributed by atoms with Crippen LogP contribution in [-0.2, 0) is 26.6 Å². The van der Waals surface area contributed by atoms with Crippen molar-refractivity contribution in [2.45, 2.75) is 31.1 Å². The normalized spacial score (nSPS) is 15.9. The number of rotatable bonds is 8. The summed E-state index contributed by atoms with van der Waals surface area (Å²) in [5.41, 5.74) is 1.73. The zero-order valence-corrected chi connectivity index (χ0v) is 21.8. The summed E-state index contributed by atoms with van der Waals surface area (Å²) in [4.78, 5) is 4.54. The largest absolute Gasteiger partial charge is 0.415 e. The van der Waals surface area contributed by atoms with E-state index in [0.717, 1.165) is 6.26 Å². The number of imidazole rings is 1. The molecular weight excluding hydrogens is 542 g/mol. The number of piperidine rings is 1. The number of halogens is 2. The molecule has 15 heteroatoms. The van der Waals surface area contributed by atoms with Gasteiger partial charge in [0, 0.05) is 31.0 Å². The highest BCUT2D eigenvalue weighted by Gasteiger charge is 2.37. The maximum Gasteiger partial charge on any atom is 0.314 e. The van der Waals surface area contributed by atoms with Crippen LogP contribution in [0.25, 0.3) is 17.1 Å². The first kappa shape index (κ1) is 26.2. The van der Waals surface area contributed by atoms with Crippen LogP contribution in [0.4, 0.5) is 14.5 Å². The Balaban J connectivity index is 1.43. The van der Waals surface area contributed by atoms with Gasteiger partial charge < -0.3 is 8.82 Å². The molecule has 38 heavy (non-hydrogen) atoms. The Morgan fingerprint density at radius 1 is 1.08 bits per heavy atom. The zero-order valence-electron chi connectivity index (χ0n) is 20.2. The van der Waals surface area contributed by atoms with Gasteiger partial charge in [0.2, 0.25) is 25.9 Å². The first-order chi connectivity index (χ1) is 18.0. The number of pyridine rings is 1. The molecule has 0 spiro atoms. The third-order valence-electron chi connectivity index (χ3n) is 6.33. The van der Waals surface area contributed by atoms with Crippen molar-refractivity contribution in [3.63, 3.8) is 0 Å². The standard InChI is InChI=1S/C23H24F2N6O5S2/c1-37(32,33)30-11-8-19(9-12-30)38(34,35)31(18-5-3-2-4-6-18)15-17-14-29-10-7-16(13-20(29)26-17)22-27-28-23(36-22)21(24)25/h2-7,10,13-14,19,21H,8-9,11-12,15H2,1H3. The molecule has 202 valence electrons. The minimum absolute atomic E-state index is 0.0638. The fourth-order valence-corrected chi connectivity index (χ4v) is 7.16. The lowest BCUT2D eigenvalue weighted by Gasteiger charge is -2.34. The molecule has 5 rings (SSSR count). The summed E-state index contributed by atoms with van der Waals surface area (Å²) in [6.07, 6.45) is 1.90. The molecule has 1 aliphatic heterocycles. The summed E-state index contributed by atoms with van der Waals surface area (Å²) < 4.78 is 86.3. The molecule has 0 aliphatic carbocycles. The zero-order chi connectivity index (χ0) is 27.1. The molecule has 1 aromatic carbocycles. The molecule has 0 atom stereocenters. The third-order valence-corrected chi connectivity index (χ3v) is 9.90. The van der Waals surface area contributed by atoms with Gasteiger partial charge in [-0.05, 0) is 37.1 Å². The van der Waals surface area contributed by atoms with Gasteiger partial charge in [0.15, 0.2) is 0 Å². The lowest BCUT2D eigenvalue weighted by Crippen LogP contribution is -2.46. The van der Waals surface area contributed by atoms with Gasteiger partial charge in [-0.2, -0.15) is 8.78 Å². The van der Waals surface area contributed by atoms with Crippen molar-refractivity contribution in [3.05, 3.63) is 66.4 Å². The van der Waals surface area contributed by atoms with Crippen LogP contribution >= 0.6 is 0 Å². The quantitative estimate of drug-likeness (QED) is 0.318. The number of sulfonamides is 2. The SMILES string of the molecule is CS(=O)(=O)N1CCC(S(=O)(=O)N(Cc2cn3ccc(-c4nnc(C(F)F)o4)cc3n2)c2ccccc2)CC1. The maximum atomic E-state index is 13.8. The molecule has 1 aliphatic rings. The van der Waals surface area contributed by atoms with Crippen molar-refractivity contribution in [1.82, 2.24) is 23.9 Å². The van der Waals surface area contributed by atoms with Gasteiger partial charge in [-0.1, -0.05) is 18.2 Å². The summed E-state index contributed by atoms with van der Waals surface area (Å²) in [5, 5.41) is 6.23. The number of alkyl halides is 2. The van der Waals surface area contributed by atoms with Crippen LogP contribution in [0.1, 0.15) is 30.9 Å². The first-order valence-corrected chi connectivity index (χ1v) is 15.0. The monoisotopic (exact) mass is 566 g/mol. The second-order valence-electron chi connectivity index (χ2n) is 8.91. The second-order valence-corrected chi connectivity index (χ2v) is 13.0. The van der Waals surface area contributed by atoms with Crippen LogP contribution < -0.4 is 4.31 Å². The highest BCUT2D eigenvalue weighted by Crippen LogP contribution is 2.29. The molecule has 0 saturated carbocycles. The molecule has 4 aromatic rings. The molecule has 11 nitrogen and oxygen atoms in total. The van der Waals surface area contributed by atoms with Crippen LogP contribution in [0.5, 0.6) is 0 Å². The summed E-state index contributed by atoms with van der Waals surface area (Å²) >= 11 is 0. The van der Waals surface area contributed by atoms with E-state index < -0.39 is 37.6 Å². The van der Waals surface area contributed by atoms with E-state index in [1.54, 1.807) is 59.3 Å². The van der Waals surface area contributed by atoms with Gasteiger partial charge in [-0.25, -0.2) is 26.1 Å². The molecule has 3 aromatic heterocycles. The van der Waals surface area contributed by atoms with Gasteiger partial charge in [-0.3, -0.25) is 4.31 Å². The lowest BCUT2D eigenvalue weighted by molar-refractivity contribution is 0.116. The number of fused-ring (bicyclic) bond motifs is 1. The molecule has 1 saturated heterocycles. The number of para-hydroxylation sites is 1. The van der Waals surface area contributed by atoms with E-state index in [4.69, 9.17) is 4.42 Å². The Morgan fingerprint density at radius 3 is 2.42 bits per heavy atom. The minimum atomic E-state index is -3.88. The van der Waals surface area contributed by atoms with Crippen molar-refractivity contribution >= 4 is 31.4 Å². The second kappa shape index (κ2) is 10.0. The van der Waals surface area contributed by atoms with Gasteiger partial charge in [0.05, 0.1) is 29.4 Å². The number of hydrogen-bond acceptors (Lipinski definition) is 8. The highest BCUT2D eigenvalue weighted by atomic mass is 32.2. The van der Waals surface area contributed by atoms with E-state index in [0.29, 0.717) is 22.6 Å². The Hall–Kier alpha value is -3.43. The molecule has 0 radical (unpaired) electrons. The van der Waals surface area contributed by atoms with E-state index in [1.807, 2.05) is 0 Å². The molecule has 0 unspecified atom stereocenters. The van der Waals surface area contributed by atoms with E-state index in [2.05, 4.69) is 15.2 Å². The van der Waals surface area contributed by atoms with Gasteiger partial charge >= 0.3 is 6.43 Å². The summed E-state index contributed by atoms with van der Waals surface area (Å²) in [7, 11) is -7.28. The van der Waals surface area contributed by atoms with E-state index in [1.165, 1.54) is 8.61 Å². The summed E-state index contributed by atoms with van der Waals surface area (Å²) in [5.74, 6) is -0.865. The van der Waals surface area contributed by atoms with Crippen LogP contribution in [0.3, 0.4) is 0 Å². The van der Waals surface area contributed by atoms with Crippen molar-refractivity contribution in [1.29, 1.82) is 0 Å². The predicted molar refractivity (Wildman–Crippen MR) is 134 cm³/mol. The summed E-state index contributed by atoms with van der Waals surface area (Å²) in [6, 6.07) is 11.8. The van der Waals surface area contributed by atoms with E-state index in [-0.39, 0.29) is 38.4 Å². The predicted octanol–water partition coefficient (Wildman–Crippen LogP) is 3.08. The number of aromatic nitrogens is 4. The highest BCUT2D eigenvalue weighted by molar-refractivity contribution is 7.93. The van der Waals surface area contributed by atoms with Crippen molar-refractivity contribution in [2.75, 3.05) is 23.7 Å².